The van der Waals surface area contributed by atoms with Crippen LogP contribution in [0.5, 0.6) is 0 Å². The molecule has 2 aliphatic carbocycles. The Morgan fingerprint density at radius 2 is 1.80 bits per heavy atom. The molecular formula is C18H30N2. The van der Waals surface area contributed by atoms with Gasteiger partial charge < -0.3 is 0 Å². The van der Waals surface area contributed by atoms with Gasteiger partial charge in [0.05, 0.1) is 12.0 Å². The van der Waals surface area contributed by atoms with Gasteiger partial charge in [-0.3, -0.25) is 4.90 Å². The molecule has 2 saturated carbocycles. The Morgan fingerprint density at radius 3 is 2.60 bits per heavy atom. The summed E-state index contributed by atoms with van der Waals surface area (Å²) < 4.78 is 0. The predicted octanol–water partition coefficient (Wildman–Crippen LogP) is 4.36. The second kappa shape index (κ2) is 6.48. The summed E-state index contributed by atoms with van der Waals surface area (Å²) in [5.41, 5.74) is 0. The number of nitriles is 1. The first-order chi connectivity index (χ1) is 9.83. The van der Waals surface area contributed by atoms with Crippen molar-refractivity contribution in [1.82, 2.24) is 4.90 Å². The summed E-state index contributed by atoms with van der Waals surface area (Å²) >= 11 is 0. The fraction of sp³-hybridized carbons (Fsp3) is 0.944. The molecule has 0 amide bonds. The zero-order valence-electron chi connectivity index (χ0n) is 13.1. The zero-order valence-corrected chi connectivity index (χ0v) is 13.1. The van der Waals surface area contributed by atoms with E-state index in [9.17, 15) is 5.26 Å². The number of fused-ring (bicyclic) bond motifs is 1. The Labute approximate surface area is 124 Å². The first-order valence-corrected chi connectivity index (χ1v) is 8.98. The molecule has 1 aliphatic heterocycles. The molecule has 5 atom stereocenters. The third-order valence-electron chi connectivity index (χ3n) is 6.38. The number of hydrogen-bond acceptors (Lipinski definition) is 2. The minimum absolute atomic E-state index is 0.304. The second-order valence-corrected chi connectivity index (χ2v) is 7.38. The quantitative estimate of drug-likeness (QED) is 0.748. The average molecular weight is 274 g/mol. The Morgan fingerprint density at radius 1 is 1.00 bits per heavy atom. The fourth-order valence-corrected chi connectivity index (χ4v) is 5.19. The molecule has 0 spiro atoms. The number of rotatable bonds is 2. The van der Waals surface area contributed by atoms with Crippen molar-refractivity contribution >= 4 is 0 Å². The van der Waals surface area contributed by atoms with Crippen LogP contribution in [0.3, 0.4) is 0 Å². The van der Waals surface area contributed by atoms with E-state index in [1.807, 2.05) is 0 Å². The summed E-state index contributed by atoms with van der Waals surface area (Å²) in [6.07, 6.45) is 13.5. The maximum atomic E-state index is 9.57. The summed E-state index contributed by atoms with van der Waals surface area (Å²) in [6.45, 7) is 3.59. The van der Waals surface area contributed by atoms with Gasteiger partial charge in [-0.2, -0.15) is 5.26 Å². The second-order valence-electron chi connectivity index (χ2n) is 7.38. The third kappa shape index (κ3) is 2.75. The van der Waals surface area contributed by atoms with Gasteiger partial charge in [0.2, 0.25) is 0 Å². The number of nitrogens with zero attached hydrogens (tertiary/aromatic N) is 2. The lowest BCUT2D eigenvalue weighted by atomic mass is 9.72. The van der Waals surface area contributed by atoms with Crippen LogP contribution in [0.1, 0.15) is 71.1 Å². The smallest absolute Gasteiger partial charge is 0.0672 e. The van der Waals surface area contributed by atoms with Gasteiger partial charge in [-0.1, -0.05) is 26.2 Å². The van der Waals surface area contributed by atoms with Gasteiger partial charge in [0.1, 0.15) is 0 Å². The van der Waals surface area contributed by atoms with E-state index in [4.69, 9.17) is 0 Å². The summed E-state index contributed by atoms with van der Waals surface area (Å²) in [6, 6.07) is 4.04. The number of likely N-dealkylation sites (tertiary alicyclic amines) is 1. The van der Waals surface area contributed by atoms with E-state index in [0.29, 0.717) is 12.0 Å². The molecule has 2 nitrogen and oxygen atoms in total. The topological polar surface area (TPSA) is 27.0 Å². The van der Waals surface area contributed by atoms with Gasteiger partial charge in [-0.05, 0) is 63.3 Å². The molecule has 20 heavy (non-hydrogen) atoms. The zero-order chi connectivity index (χ0) is 13.9. The van der Waals surface area contributed by atoms with Gasteiger partial charge in [-0.25, -0.2) is 0 Å². The van der Waals surface area contributed by atoms with Crippen molar-refractivity contribution in [2.24, 2.45) is 17.8 Å². The van der Waals surface area contributed by atoms with E-state index >= 15 is 0 Å². The van der Waals surface area contributed by atoms with Crippen LogP contribution in [-0.4, -0.2) is 23.5 Å². The molecule has 0 bridgehead atoms. The van der Waals surface area contributed by atoms with Gasteiger partial charge in [-0.15, -0.1) is 0 Å². The molecule has 1 heterocycles. The molecule has 3 rings (SSSR count). The van der Waals surface area contributed by atoms with E-state index in [0.717, 1.165) is 24.3 Å². The van der Waals surface area contributed by atoms with Crippen molar-refractivity contribution in [3.05, 3.63) is 0 Å². The van der Waals surface area contributed by atoms with Crippen molar-refractivity contribution in [2.75, 3.05) is 6.54 Å². The highest BCUT2D eigenvalue weighted by Crippen LogP contribution is 2.41. The van der Waals surface area contributed by atoms with Crippen LogP contribution in [0, 0.1) is 29.1 Å². The molecule has 3 unspecified atom stereocenters. The molecule has 3 aliphatic rings. The molecule has 0 aromatic rings. The van der Waals surface area contributed by atoms with Crippen molar-refractivity contribution in [2.45, 2.75) is 83.2 Å². The van der Waals surface area contributed by atoms with Gasteiger partial charge in [0.25, 0.3) is 0 Å². The van der Waals surface area contributed by atoms with Crippen LogP contribution in [-0.2, 0) is 0 Å². The minimum atomic E-state index is 0.304. The molecule has 2 heteroatoms. The summed E-state index contributed by atoms with van der Waals surface area (Å²) in [5.74, 6) is 2.12. The molecular weight excluding hydrogens is 244 g/mol. The Kier molecular flexibility index (Phi) is 4.66. The first kappa shape index (κ1) is 14.4. The van der Waals surface area contributed by atoms with E-state index in [1.165, 1.54) is 64.3 Å². The number of piperidine rings is 1. The van der Waals surface area contributed by atoms with E-state index in [1.54, 1.807) is 0 Å². The van der Waals surface area contributed by atoms with Crippen LogP contribution in [0.25, 0.3) is 0 Å². The number of hydrogen-bond donors (Lipinski definition) is 0. The lowest BCUT2D eigenvalue weighted by Crippen LogP contribution is -2.55. The van der Waals surface area contributed by atoms with Crippen molar-refractivity contribution in [3.63, 3.8) is 0 Å². The van der Waals surface area contributed by atoms with Gasteiger partial charge in [0.15, 0.2) is 0 Å². The molecule has 1 saturated heterocycles. The van der Waals surface area contributed by atoms with Gasteiger partial charge in [0, 0.05) is 12.1 Å². The normalized spacial score (nSPS) is 42.7. The van der Waals surface area contributed by atoms with Crippen molar-refractivity contribution in [3.8, 4) is 6.07 Å². The highest BCUT2D eigenvalue weighted by molar-refractivity contribution is 5.01. The molecule has 112 valence electrons. The highest BCUT2D eigenvalue weighted by atomic mass is 15.2. The fourth-order valence-electron chi connectivity index (χ4n) is 5.19. The predicted molar refractivity (Wildman–Crippen MR) is 82.2 cm³/mol. The van der Waals surface area contributed by atoms with E-state index in [-0.39, 0.29) is 0 Å². The molecule has 0 aromatic heterocycles. The Bertz CT molecular complexity index is 357. The minimum Gasteiger partial charge on any atom is -0.296 e. The Balaban J connectivity index is 1.75. The van der Waals surface area contributed by atoms with E-state index in [2.05, 4.69) is 17.9 Å². The molecule has 3 fully saturated rings. The average Bonchev–Trinajstić information content (AvgIpc) is 2.53. The lowest BCUT2D eigenvalue weighted by Gasteiger charge is -2.50. The molecule has 0 aromatic carbocycles. The van der Waals surface area contributed by atoms with Crippen LogP contribution < -0.4 is 0 Å². The largest absolute Gasteiger partial charge is 0.296 e. The monoisotopic (exact) mass is 274 g/mol. The maximum Gasteiger partial charge on any atom is 0.0672 e. The van der Waals surface area contributed by atoms with Crippen LogP contribution in [0.15, 0.2) is 0 Å². The SMILES string of the molecule is CCC1CCC(C#N)C(N2CCC[C@H]3CCCC[C@H]32)C1. The first-order valence-electron chi connectivity index (χ1n) is 8.98. The lowest BCUT2D eigenvalue weighted by molar-refractivity contribution is -0.00876. The van der Waals surface area contributed by atoms with Gasteiger partial charge >= 0.3 is 0 Å². The standard InChI is InChI=1S/C18H30N2/c1-2-14-9-10-16(13-19)18(12-14)20-11-5-7-15-6-3-4-8-17(15)20/h14-18H,2-12H2,1H3/t14?,15-,16?,17-,18?/m1/s1. The van der Waals surface area contributed by atoms with E-state index < -0.39 is 0 Å². The molecule has 0 N–H and O–H groups in total. The third-order valence-corrected chi connectivity index (χ3v) is 6.38. The summed E-state index contributed by atoms with van der Waals surface area (Å²) in [5, 5.41) is 9.57. The van der Waals surface area contributed by atoms with Crippen LogP contribution in [0.4, 0.5) is 0 Å². The molecule has 0 radical (unpaired) electrons. The summed E-state index contributed by atoms with van der Waals surface area (Å²) in [7, 11) is 0. The highest BCUT2D eigenvalue weighted by Gasteiger charge is 2.41. The van der Waals surface area contributed by atoms with Crippen molar-refractivity contribution in [1.29, 1.82) is 5.26 Å². The summed E-state index contributed by atoms with van der Waals surface area (Å²) in [4.78, 5) is 2.81. The van der Waals surface area contributed by atoms with Crippen molar-refractivity contribution < 1.29 is 0 Å². The Hall–Kier alpha value is -0.550. The van der Waals surface area contributed by atoms with Crippen LogP contribution >= 0.6 is 0 Å². The van der Waals surface area contributed by atoms with Crippen LogP contribution in [0.2, 0.25) is 0 Å². The maximum absolute atomic E-state index is 9.57.